The van der Waals surface area contributed by atoms with Crippen molar-refractivity contribution in [1.82, 2.24) is 0 Å². The molecule has 0 radical (unpaired) electrons. The Morgan fingerprint density at radius 2 is 1.20 bits per heavy atom. The zero-order valence-electron chi connectivity index (χ0n) is 52.9. The molecular formula is C62H94O29. The molecule has 31 atom stereocenters. The van der Waals surface area contributed by atoms with Crippen LogP contribution < -0.4 is 0 Å². The van der Waals surface area contributed by atoms with Gasteiger partial charge in [-0.3, -0.25) is 9.59 Å². The molecule has 13 N–H and O–H groups in total. The number of esters is 3. The average molecular weight is 1300 g/mol. The summed E-state index contributed by atoms with van der Waals surface area (Å²) in [4.78, 5) is 67.8. The van der Waals surface area contributed by atoms with E-state index in [9.17, 15) is 90.4 Å². The van der Waals surface area contributed by atoms with Gasteiger partial charge in [-0.1, -0.05) is 59.3 Å². The summed E-state index contributed by atoms with van der Waals surface area (Å²) in [5.41, 5.74) is -4.75. The van der Waals surface area contributed by atoms with Gasteiger partial charge in [0.1, 0.15) is 104 Å². The molecule has 0 spiro atoms. The van der Waals surface area contributed by atoms with E-state index in [-0.39, 0.29) is 18.8 Å². The zero-order valence-corrected chi connectivity index (χ0v) is 52.9. The van der Waals surface area contributed by atoms with Gasteiger partial charge in [0.2, 0.25) is 0 Å². The SMILES string of the molecule is CC=C(C)C(=O)OC1C(OC(C)=O)C2(CO)C(OC(C)=O)CC3(C)C(=CCC4C5(C)CCC(OC6OC(C(=O)O)C(O)C(OC7OCC(O)C(O)C7OC7OC(CO)C(O)C(O)C7O)C6OC6OC(CO)C(O)C(O)C6O)C(C)(C=O)C5CCC43C)C2CC1(C)C. The van der Waals surface area contributed by atoms with Gasteiger partial charge in [0.25, 0.3) is 0 Å². The van der Waals surface area contributed by atoms with E-state index < -0.39 is 236 Å². The molecule has 4 heterocycles. The van der Waals surface area contributed by atoms with Crippen LogP contribution in [0.1, 0.15) is 114 Å². The Labute approximate surface area is 526 Å². The number of aldehydes is 1. The first-order valence-corrected chi connectivity index (χ1v) is 31.3. The fourth-order valence-corrected chi connectivity index (χ4v) is 17.6. The monoisotopic (exact) mass is 1300 g/mol. The minimum absolute atomic E-state index is 0.0722. The molecule has 29 nitrogen and oxygen atoms in total. The maximum absolute atomic E-state index is 14.3. The van der Waals surface area contributed by atoms with E-state index in [0.717, 1.165) is 11.9 Å². The predicted octanol–water partition coefficient (Wildman–Crippen LogP) is -2.08. The van der Waals surface area contributed by atoms with Gasteiger partial charge < -0.3 is 123 Å². The van der Waals surface area contributed by atoms with Crippen molar-refractivity contribution in [3.63, 3.8) is 0 Å². The van der Waals surface area contributed by atoms with Crippen LogP contribution in [0.5, 0.6) is 0 Å². The Hall–Kier alpha value is -3.77. The summed E-state index contributed by atoms with van der Waals surface area (Å²) in [6, 6.07) is 0. The van der Waals surface area contributed by atoms with Crippen LogP contribution in [0.2, 0.25) is 0 Å². The van der Waals surface area contributed by atoms with E-state index in [1.807, 2.05) is 13.8 Å². The summed E-state index contributed by atoms with van der Waals surface area (Å²) in [7, 11) is 0. The van der Waals surface area contributed by atoms with Crippen LogP contribution in [0.25, 0.3) is 0 Å². The van der Waals surface area contributed by atoms with Gasteiger partial charge in [0, 0.05) is 24.8 Å². The second-order valence-electron chi connectivity index (χ2n) is 28.3. The summed E-state index contributed by atoms with van der Waals surface area (Å²) < 4.78 is 67.2. The molecule has 9 aliphatic rings. The fourth-order valence-electron chi connectivity index (χ4n) is 17.6. The summed E-state index contributed by atoms with van der Waals surface area (Å²) in [6.45, 7) is 14.6. The summed E-state index contributed by atoms with van der Waals surface area (Å²) in [5, 5.41) is 142. The Morgan fingerprint density at radius 1 is 0.615 bits per heavy atom. The van der Waals surface area contributed by atoms with Crippen LogP contribution in [0.4, 0.5) is 0 Å². The van der Waals surface area contributed by atoms with Crippen molar-refractivity contribution in [2.75, 3.05) is 26.4 Å². The van der Waals surface area contributed by atoms with Crippen molar-refractivity contribution in [2.24, 2.45) is 50.2 Å². The number of ether oxygens (including phenoxy) is 11. The van der Waals surface area contributed by atoms with Crippen molar-refractivity contribution in [2.45, 2.75) is 255 Å². The molecule has 31 unspecified atom stereocenters. The summed E-state index contributed by atoms with van der Waals surface area (Å²) in [5.74, 6) is -5.11. The molecule has 5 aliphatic carbocycles. The van der Waals surface area contributed by atoms with E-state index in [0.29, 0.717) is 37.7 Å². The highest BCUT2D eigenvalue weighted by Gasteiger charge is 2.75. The first kappa shape index (κ1) is 71.5. The first-order chi connectivity index (χ1) is 42.6. The Bertz CT molecular complexity index is 2720. The zero-order chi connectivity index (χ0) is 67.2. The molecule has 4 aliphatic heterocycles. The third kappa shape index (κ3) is 12.1. The van der Waals surface area contributed by atoms with E-state index in [1.54, 1.807) is 26.8 Å². The Balaban J connectivity index is 1.07. The lowest BCUT2D eigenvalue weighted by molar-refractivity contribution is -0.400. The van der Waals surface area contributed by atoms with Gasteiger partial charge >= 0.3 is 23.9 Å². The molecule has 29 heteroatoms. The second-order valence-corrected chi connectivity index (χ2v) is 28.3. The molecular weight excluding hydrogens is 1210 g/mol. The van der Waals surface area contributed by atoms with Crippen molar-refractivity contribution in [3.05, 3.63) is 23.3 Å². The topological polar surface area (TPSA) is 450 Å². The summed E-state index contributed by atoms with van der Waals surface area (Å²) in [6.07, 6.45) is -35.7. The highest BCUT2D eigenvalue weighted by molar-refractivity contribution is 5.87. The number of aliphatic carboxylic acids is 1. The third-order valence-electron chi connectivity index (χ3n) is 22.9. The minimum atomic E-state index is -2.33. The van der Waals surface area contributed by atoms with Gasteiger partial charge in [-0.2, -0.15) is 0 Å². The standard InChI is InChI=1S/C62H94O29/c1-11-25(2)52(80)91-49-50(83-27(4)68)62(24-66)29(18-57(49,5)6)28-12-13-34-58(7)16-15-35(59(8,23-65)33(58)14-17-60(34,9)61(28,10)19-36(62)82-26(3)67)86-56-48(90-54-43(76)41(74)39(72)32(21-64)85-54)45(44(77)46(88-56)51(78)79)87-55-47(37(70)30(69)22-81-55)89-53-42(75)40(73)38(71)31(20-63)84-53/h11-12,23,29-50,53-56,63-64,66,69-77H,13-22,24H2,1-10H3,(H,78,79). The number of rotatable bonds is 17. The number of carboxylic acid groups (broad SMARTS) is 1. The summed E-state index contributed by atoms with van der Waals surface area (Å²) >= 11 is 0. The second kappa shape index (κ2) is 26.7. The van der Waals surface area contributed by atoms with Crippen LogP contribution in [-0.4, -0.2) is 264 Å². The van der Waals surface area contributed by atoms with Crippen LogP contribution in [0.3, 0.4) is 0 Å². The molecule has 91 heavy (non-hydrogen) atoms. The Morgan fingerprint density at radius 3 is 1.74 bits per heavy atom. The fraction of sp³-hybridized carbons (Fsp3) is 0.855. The average Bonchev–Trinajstić information content (AvgIpc) is 0.669. The molecule has 0 aromatic rings. The van der Waals surface area contributed by atoms with Crippen LogP contribution in [0, 0.1) is 50.2 Å². The lowest BCUT2D eigenvalue weighted by Gasteiger charge is -2.72. The van der Waals surface area contributed by atoms with E-state index in [1.165, 1.54) is 13.8 Å². The number of aliphatic hydroxyl groups excluding tert-OH is 12. The number of allylic oxidation sites excluding steroid dienone is 3. The number of hydrogen-bond donors (Lipinski definition) is 13. The highest BCUT2D eigenvalue weighted by atomic mass is 16.8. The predicted molar refractivity (Wildman–Crippen MR) is 304 cm³/mol. The molecule has 0 aromatic heterocycles. The Kier molecular flexibility index (Phi) is 21.0. The molecule has 9 rings (SSSR count). The van der Waals surface area contributed by atoms with Crippen molar-refractivity contribution < 1.29 is 142 Å². The smallest absolute Gasteiger partial charge is 0.335 e. The van der Waals surface area contributed by atoms with Gasteiger partial charge in [-0.05, 0) is 92.8 Å². The number of carbonyl (C=O) groups excluding carboxylic acids is 4. The lowest BCUT2D eigenvalue weighted by atomic mass is 9.33. The van der Waals surface area contributed by atoms with Gasteiger partial charge in [-0.15, -0.1) is 0 Å². The molecule has 4 saturated carbocycles. The number of aliphatic hydroxyl groups is 12. The lowest BCUT2D eigenvalue weighted by Crippen LogP contribution is -2.73. The number of carboxylic acids is 1. The van der Waals surface area contributed by atoms with Crippen molar-refractivity contribution in [3.8, 4) is 0 Å². The minimum Gasteiger partial charge on any atom is -0.479 e. The third-order valence-corrected chi connectivity index (χ3v) is 22.9. The number of hydrogen-bond acceptors (Lipinski definition) is 28. The molecule has 0 aromatic carbocycles. The molecule has 8 fully saturated rings. The van der Waals surface area contributed by atoms with Crippen LogP contribution in [-0.2, 0) is 76.1 Å². The van der Waals surface area contributed by atoms with Crippen molar-refractivity contribution in [1.29, 1.82) is 0 Å². The maximum atomic E-state index is 14.3. The molecule has 0 amide bonds. The normalized spacial score (nSPS) is 49.7. The molecule has 4 saturated heterocycles. The maximum Gasteiger partial charge on any atom is 0.335 e. The highest BCUT2D eigenvalue weighted by Crippen LogP contribution is 2.76. The first-order valence-electron chi connectivity index (χ1n) is 31.3. The van der Waals surface area contributed by atoms with E-state index in [2.05, 4.69) is 26.8 Å². The van der Waals surface area contributed by atoms with Crippen LogP contribution >= 0.6 is 0 Å². The van der Waals surface area contributed by atoms with Gasteiger partial charge in [-0.25, -0.2) is 9.59 Å². The van der Waals surface area contributed by atoms with E-state index >= 15 is 0 Å². The van der Waals surface area contributed by atoms with E-state index in [4.69, 9.17) is 52.1 Å². The van der Waals surface area contributed by atoms with Gasteiger partial charge in [0.05, 0.1) is 43.4 Å². The number of fused-ring (bicyclic) bond motifs is 7. The van der Waals surface area contributed by atoms with Gasteiger partial charge in [0.15, 0.2) is 37.4 Å². The quantitative estimate of drug-likeness (QED) is 0.0186. The van der Waals surface area contributed by atoms with Crippen LogP contribution in [0.15, 0.2) is 23.3 Å². The largest absolute Gasteiger partial charge is 0.479 e. The molecule has 516 valence electrons. The number of carbonyl (C=O) groups is 5. The van der Waals surface area contributed by atoms with Crippen molar-refractivity contribution >= 4 is 30.2 Å². The molecule has 0 bridgehead atoms.